The summed E-state index contributed by atoms with van der Waals surface area (Å²) in [5.41, 5.74) is 8.09. The number of hydrogen-bond donors (Lipinski definition) is 1. The summed E-state index contributed by atoms with van der Waals surface area (Å²) in [6, 6.07) is 2.96. The number of rotatable bonds is 6. The summed E-state index contributed by atoms with van der Waals surface area (Å²) in [5.74, 6) is 0. The zero-order valence-corrected chi connectivity index (χ0v) is 10.3. The van der Waals surface area contributed by atoms with Gasteiger partial charge in [0.15, 0.2) is 0 Å². The van der Waals surface area contributed by atoms with Gasteiger partial charge in [-0.25, -0.2) is 0 Å². The van der Waals surface area contributed by atoms with Gasteiger partial charge in [-0.2, -0.15) is 5.10 Å². The first-order valence-electron chi connectivity index (χ1n) is 6.22. The van der Waals surface area contributed by atoms with Crippen molar-refractivity contribution in [3.05, 3.63) is 17.5 Å². The van der Waals surface area contributed by atoms with Crippen LogP contribution in [0.2, 0.25) is 0 Å². The van der Waals surface area contributed by atoms with Gasteiger partial charge in [0.2, 0.25) is 0 Å². The van der Waals surface area contributed by atoms with E-state index in [9.17, 15) is 0 Å². The van der Waals surface area contributed by atoms with E-state index in [1.807, 2.05) is 0 Å². The lowest BCUT2D eigenvalue weighted by atomic mass is 10.3. The molecule has 1 aromatic rings. The molecule has 0 radical (unpaired) electrons. The zero-order chi connectivity index (χ0) is 11.5. The van der Waals surface area contributed by atoms with Crippen molar-refractivity contribution in [2.75, 3.05) is 13.1 Å². The average molecular weight is 222 g/mol. The molecule has 90 valence electrons. The van der Waals surface area contributed by atoms with Gasteiger partial charge in [0.05, 0.1) is 11.4 Å². The Balaban J connectivity index is 2.04. The Morgan fingerprint density at radius 3 is 2.88 bits per heavy atom. The summed E-state index contributed by atoms with van der Waals surface area (Å²) >= 11 is 0. The molecule has 4 nitrogen and oxygen atoms in total. The Bertz CT molecular complexity index is 341. The van der Waals surface area contributed by atoms with E-state index in [2.05, 4.69) is 34.6 Å². The molecule has 2 N–H and O–H groups in total. The highest BCUT2D eigenvalue weighted by atomic mass is 15.3. The van der Waals surface area contributed by atoms with E-state index in [1.165, 1.54) is 18.5 Å². The van der Waals surface area contributed by atoms with Gasteiger partial charge in [-0.15, -0.1) is 0 Å². The Morgan fingerprint density at radius 2 is 2.31 bits per heavy atom. The van der Waals surface area contributed by atoms with Crippen LogP contribution in [0.3, 0.4) is 0 Å². The molecule has 0 spiro atoms. The van der Waals surface area contributed by atoms with Crippen LogP contribution in [0.1, 0.15) is 31.2 Å². The fraction of sp³-hybridized carbons (Fsp3) is 0.750. The summed E-state index contributed by atoms with van der Waals surface area (Å²) in [6.45, 7) is 7.88. The van der Waals surface area contributed by atoms with Gasteiger partial charge < -0.3 is 5.73 Å². The molecule has 0 amide bonds. The standard InChI is InChI=1S/C12H22N4/c1-3-16-12(8-10(2)14-16)9-15(7-6-13)11-4-5-11/h8,11H,3-7,9,13H2,1-2H3. The highest BCUT2D eigenvalue weighted by Crippen LogP contribution is 2.27. The highest BCUT2D eigenvalue weighted by Gasteiger charge is 2.28. The second-order valence-electron chi connectivity index (χ2n) is 4.58. The third kappa shape index (κ3) is 2.62. The van der Waals surface area contributed by atoms with Gasteiger partial charge in [-0.3, -0.25) is 9.58 Å². The van der Waals surface area contributed by atoms with E-state index in [4.69, 9.17) is 5.73 Å². The summed E-state index contributed by atoms with van der Waals surface area (Å²) in [7, 11) is 0. The molecule has 1 fully saturated rings. The molecule has 1 saturated carbocycles. The van der Waals surface area contributed by atoms with Crippen molar-refractivity contribution in [1.29, 1.82) is 0 Å². The van der Waals surface area contributed by atoms with Gasteiger partial charge in [0.25, 0.3) is 0 Å². The second-order valence-corrected chi connectivity index (χ2v) is 4.58. The molecule has 16 heavy (non-hydrogen) atoms. The van der Waals surface area contributed by atoms with Crippen LogP contribution in [-0.2, 0) is 13.1 Å². The van der Waals surface area contributed by atoms with Gasteiger partial charge in [-0.1, -0.05) is 0 Å². The average Bonchev–Trinajstić information content (AvgIpc) is 3.03. The lowest BCUT2D eigenvalue weighted by Gasteiger charge is -2.21. The zero-order valence-electron chi connectivity index (χ0n) is 10.3. The first kappa shape index (κ1) is 11.6. The molecule has 0 aromatic carbocycles. The van der Waals surface area contributed by atoms with E-state index in [1.54, 1.807) is 0 Å². The van der Waals surface area contributed by atoms with Crippen LogP contribution in [0.15, 0.2) is 6.07 Å². The van der Waals surface area contributed by atoms with Crippen molar-refractivity contribution >= 4 is 0 Å². The predicted molar refractivity (Wildman–Crippen MR) is 65.1 cm³/mol. The molecule has 1 aromatic heterocycles. The van der Waals surface area contributed by atoms with Crippen LogP contribution < -0.4 is 5.73 Å². The van der Waals surface area contributed by atoms with Crippen LogP contribution >= 0.6 is 0 Å². The molecule has 1 aliphatic rings. The quantitative estimate of drug-likeness (QED) is 0.785. The van der Waals surface area contributed by atoms with Crippen LogP contribution in [0.4, 0.5) is 0 Å². The third-order valence-electron chi connectivity index (χ3n) is 3.13. The van der Waals surface area contributed by atoms with Crippen molar-refractivity contribution in [1.82, 2.24) is 14.7 Å². The summed E-state index contributed by atoms with van der Waals surface area (Å²) < 4.78 is 2.10. The molecule has 0 unspecified atom stereocenters. The Hall–Kier alpha value is -0.870. The molecular formula is C12H22N4. The van der Waals surface area contributed by atoms with E-state index in [-0.39, 0.29) is 0 Å². The van der Waals surface area contributed by atoms with Crippen molar-refractivity contribution in [2.45, 2.75) is 45.8 Å². The maximum atomic E-state index is 5.66. The largest absolute Gasteiger partial charge is 0.329 e. The number of aryl methyl sites for hydroxylation is 2. The van der Waals surface area contributed by atoms with Gasteiger partial charge in [0, 0.05) is 32.2 Å². The Morgan fingerprint density at radius 1 is 1.56 bits per heavy atom. The summed E-state index contributed by atoms with van der Waals surface area (Å²) in [5, 5.41) is 4.48. The van der Waals surface area contributed by atoms with Crippen molar-refractivity contribution in [3.63, 3.8) is 0 Å². The molecule has 1 aliphatic carbocycles. The summed E-state index contributed by atoms with van der Waals surface area (Å²) in [6.07, 6.45) is 2.67. The molecule has 1 heterocycles. The molecule has 0 saturated heterocycles. The van der Waals surface area contributed by atoms with Crippen molar-refractivity contribution in [2.24, 2.45) is 5.73 Å². The van der Waals surface area contributed by atoms with Crippen LogP contribution in [0.25, 0.3) is 0 Å². The maximum absolute atomic E-state index is 5.66. The molecule has 2 rings (SSSR count). The van der Waals surface area contributed by atoms with Crippen LogP contribution in [0, 0.1) is 6.92 Å². The van der Waals surface area contributed by atoms with Gasteiger partial charge in [-0.05, 0) is 32.8 Å². The monoisotopic (exact) mass is 222 g/mol. The topological polar surface area (TPSA) is 47.1 Å². The normalized spacial score (nSPS) is 16.0. The highest BCUT2D eigenvalue weighted by molar-refractivity contribution is 5.09. The maximum Gasteiger partial charge on any atom is 0.0597 e. The Kier molecular flexibility index (Phi) is 3.61. The van der Waals surface area contributed by atoms with E-state index < -0.39 is 0 Å². The molecule has 0 aliphatic heterocycles. The van der Waals surface area contributed by atoms with Crippen LogP contribution in [0.5, 0.6) is 0 Å². The SMILES string of the molecule is CCn1nc(C)cc1CN(CCN)C1CC1. The fourth-order valence-electron chi connectivity index (χ4n) is 2.20. The minimum Gasteiger partial charge on any atom is -0.329 e. The molecule has 4 heteroatoms. The van der Waals surface area contributed by atoms with Crippen molar-refractivity contribution < 1.29 is 0 Å². The van der Waals surface area contributed by atoms with E-state index in [0.717, 1.165) is 37.9 Å². The third-order valence-corrected chi connectivity index (χ3v) is 3.13. The van der Waals surface area contributed by atoms with Gasteiger partial charge in [0.1, 0.15) is 0 Å². The number of nitrogens with two attached hydrogens (primary N) is 1. The second kappa shape index (κ2) is 4.97. The predicted octanol–water partition coefficient (Wildman–Crippen LogP) is 1.13. The first-order chi connectivity index (χ1) is 7.74. The van der Waals surface area contributed by atoms with E-state index >= 15 is 0 Å². The smallest absolute Gasteiger partial charge is 0.0597 e. The minimum absolute atomic E-state index is 0.746. The van der Waals surface area contributed by atoms with Crippen molar-refractivity contribution in [3.8, 4) is 0 Å². The first-order valence-corrected chi connectivity index (χ1v) is 6.22. The Labute approximate surface area is 97.4 Å². The number of hydrogen-bond acceptors (Lipinski definition) is 3. The van der Waals surface area contributed by atoms with Crippen LogP contribution in [-0.4, -0.2) is 33.8 Å². The number of nitrogens with zero attached hydrogens (tertiary/aromatic N) is 3. The summed E-state index contributed by atoms with van der Waals surface area (Å²) in [4.78, 5) is 2.49. The lowest BCUT2D eigenvalue weighted by Crippen LogP contribution is -2.31. The molecule has 0 bridgehead atoms. The van der Waals surface area contributed by atoms with E-state index in [0.29, 0.717) is 0 Å². The fourth-order valence-corrected chi connectivity index (χ4v) is 2.20. The number of aromatic nitrogens is 2. The minimum atomic E-state index is 0.746. The lowest BCUT2D eigenvalue weighted by molar-refractivity contribution is 0.254. The molecule has 0 atom stereocenters. The molecular weight excluding hydrogens is 200 g/mol. The van der Waals surface area contributed by atoms with Gasteiger partial charge >= 0.3 is 0 Å².